The average molecular weight is 205 g/mol. The van der Waals surface area contributed by atoms with E-state index in [1.165, 1.54) is 25.7 Å². The smallest absolute Gasteiger partial charge is 0.0151 e. The maximum atomic E-state index is 3.71. The molecule has 0 N–H and O–H groups in total. The van der Waals surface area contributed by atoms with Gasteiger partial charge in [-0.25, -0.2) is 0 Å². The van der Waals surface area contributed by atoms with Crippen molar-refractivity contribution >= 4 is 15.9 Å². The molecule has 0 aromatic rings. The van der Waals surface area contributed by atoms with Gasteiger partial charge in [-0.2, -0.15) is 0 Å². The fourth-order valence-corrected chi connectivity index (χ4v) is 3.16. The van der Waals surface area contributed by atoms with Crippen LogP contribution in [0.1, 0.15) is 39.5 Å². The van der Waals surface area contributed by atoms with E-state index in [1.54, 1.807) is 0 Å². The molecular weight excluding hydrogens is 188 g/mol. The second-order valence-corrected chi connectivity index (χ2v) is 4.98. The first-order valence-corrected chi connectivity index (χ1v) is 5.28. The first kappa shape index (κ1) is 8.58. The molecule has 1 fully saturated rings. The van der Waals surface area contributed by atoms with Gasteiger partial charge in [0.1, 0.15) is 0 Å². The number of halogens is 1. The van der Waals surface area contributed by atoms with Crippen molar-refractivity contribution in [3.63, 3.8) is 0 Å². The van der Waals surface area contributed by atoms with E-state index < -0.39 is 0 Å². The third kappa shape index (κ3) is 2.26. The lowest BCUT2D eigenvalue weighted by Crippen LogP contribution is -2.20. The summed E-state index contributed by atoms with van der Waals surface area (Å²) in [4.78, 5) is 0.807. The highest BCUT2D eigenvalue weighted by atomic mass is 79.9. The van der Waals surface area contributed by atoms with Gasteiger partial charge in [0.25, 0.3) is 0 Å². The Morgan fingerprint density at radius 1 is 1.30 bits per heavy atom. The molecule has 0 saturated heterocycles. The van der Waals surface area contributed by atoms with Crippen molar-refractivity contribution < 1.29 is 0 Å². The first-order chi connectivity index (χ1) is 4.72. The van der Waals surface area contributed by atoms with Gasteiger partial charge in [-0.3, -0.25) is 0 Å². The third-order valence-corrected chi connectivity index (χ3v) is 3.31. The van der Waals surface area contributed by atoms with Crippen LogP contribution in [0.5, 0.6) is 0 Å². The van der Waals surface area contributed by atoms with Crippen LogP contribution in [0.25, 0.3) is 0 Å². The summed E-state index contributed by atoms with van der Waals surface area (Å²) in [6.07, 6.45) is 5.61. The largest absolute Gasteiger partial charge is 0.0890 e. The fraction of sp³-hybridized carbons (Fsp3) is 1.00. The van der Waals surface area contributed by atoms with Crippen LogP contribution in [0.4, 0.5) is 0 Å². The van der Waals surface area contributed by atoms with Gasteiger partial charge in [0, 0.05) is 4.83 Å². The van der Waals surface area contributed by atoms with Gasteiger partial charge >= 0.3 is 0 Å². The Labute approximate surface area is 72.5 Å². The van der Waals surface area contributed by atoms with Crippen molar-refractivity contribution in [2.24, 2.45) is 11.8 Å². The highest BCUT2D eigenvalue weighted by Crippen LogP contribution is 2.34. The van der Waals surface area contributed by atoms with Gasteiger partial charge < -0.3 is 0 Å². The van der Waals surface area contributed by atoms with Crippen molar-refractivity contribution in [1.29, 1.82) is 0 Å². The number of alkyl halides is 1. The van der Waals surface area contributed by atoms with Crippen LogP contribution in [-0.4, -0.2) is 4.83 Å². The van der Waals surface area contributed by atoms with Crippen LogP contribution in [0.2, 0.25) is 0 Å². The molecule has 3 unspecified atom stereocenters. The second kappa shape index (κ2) is 3.75. The third-order valence-electron chi connectivity index (χ3n) is 2.56. The van der Waals surface area contributed by atoms with E-state index in [-0.39, 0.29) is 0 Å². The maximum absolute atomic E-state index is 3.71. The van der Waals surface area contributed by atoms with Crippen LogP contribution in [-0.2, 0) is 0 Å². The Morgan fingerprint density at radius 2 is 2.00 bits per heavy atom. The molecule has 0 spiro atoms. The Balaban J connectivity index is 2.35. The zero-order valence-electron chi connectivity index (χ0n) is 6.94. The number of hydrogen-bond acceptors (Lipinski definition) is 0. The van der Waals surface area contributed by atoms with Crippen LogP contribution in [0.15, 0.2) is 0 Å². The summed E-state index contributed by atoms with van der Waals surface area (Å²) < 4.78 is 0. The monoisotopic (exact) mass is 204 g/mol. The summed E-state index contributed by atoms with van der Waals surface area (Å²) >= 11 is 3.71. The average Bonchev–Trinajstić information content (AvgIpc) is 1.85. The summed E-state index contributed by atoms with van der Waals surface area (Å²) in [6.45, 7) is 4.68. The Morgan fingerprint density at radius 3 is 2.50 bits per heavy atom. The van der Waals surface area contributed by atoms with Gasteiger partial charge in [-0.15, -0.1) is 0 Å². The van der Waals surface area contributed by atoms with Crippen molar-refractivity contribution in [2.75, 3.05) is 0 Å². The molecule has 0 heterocycles. The molecule has 0 amide bonds. The SMILES string of the molecule is CCC1CC(C)CC(Br)C1. The highest BCUT2D eigenvalue weighted by molar-refractivity contribution is 9.09. The summed E-state index contributed by atoms with van der Waals surface area (Å²) in [7, 11) is 0. The molecule has 60 valence electrons. The van der Waals surface area contributed by atoms with E-state index in [1.807, 2.05) is 0 Å². The number of rotatable bonds is 1. The molecule has 0 aromatic heterocycles. The summed E-state index contributed by atoms with van der Waals surface area (Å²) in [6, 6.07) is 0. The maximum Gasteiger partial charge on any atom is 0.0151 e. The van der Waals surface area contributed by atoms with E-state index in [0.29, 0.717) is 0 Å². The lowest BCUT2D eigenvalue weighted by Gasteiger charge is -2.29. The van der Waals surface area contributed by atoms with E-state index in [2.05, 4.69) is 29.8 Å². The van der Waals surface area contributed by atoms with E-state index >= 15 is 0 Å². The van der Waals surface area contributed by atoms with Crippen LogP contribution in [0.3, 0.4) is 0 Å². The van der Waals surface area contributed by atoms with E-state index in [4.69, 9.17) is 0 Å². The van der Waals surface area contributed by atoms with E-state index in [9.17, 15) is 0 Å². The molecule has 0 aromatic carbocycles. The molecular formula is C9H17Br. The summed E-state index contributed by atoms with van der Waals surface area (Å²) in [5.41, 5.74) is 0. The molecule has 10 heavy (non-hydrogen) atoms. The predicted molar refractivity (Wildman–Crippen MR) is 49.5 cm³/mol. The van der Waals surface area contributed by atoms with Crippen molar-refractivity contribution in [1.82, 2.24) is 0 Å². The minimum atomic E-state index is 0.807. The highest BCUT2D eigenvalue weighted by Gasteiger charge is 2.23. The van der Waals surface area contributed by atoms with Crippen molar-refractivity contribution in [3.8, 4) is 0 Å². The molecule has 0 radical (unpaired) electrons. The molecule has 1 saturated carbocycles. The zero-order valence-corrected chi connectivity index (χ0v) is 8.52. The van der Waals surface area contributed by atoms with Crippen LogP contribution < -0.4 is 0 Å². The minimum Gasteiger partial charge on any atom is -0.0890 e. The topological polar surface area (TPSA) is 0 Å². The van der Waals surface area contributed by atoms with Crippen molar-refractivity contribution in [3.05, 3.63) is 0 Å². The lowest BCUT2D eigenvalue weighted by atomic mass is 9.81. The molecule has 0 nitrogen and oxygen atoms in total. The fourth-order valence-electron chi connectivity index (χ4n) is 1.99. The molecule has 1 aliphatic rings. The van der Waals surface area contributed by atoms with Gasteiger partial charge in [0.15, 0.2) is 0 Å². The molecule has 3 atom stereocenters. The molecule has 0 aliphatic heterocycles. The Bertz CT molecular complexity index is 90.9. The number of hydrogen-bond donors (Lipinski definition) is 0. The summed E-state index contributed by atoms with van der Waals surface area (Å²) in [5.74, 6) is 1.94. The molecule has 0 bridgehead atoms. The lowest BCUT2D eigenvalue weighted by molar-refractivity contribution is 0.286. The normalized spacial score (nSPS) is 41.7. The van der Waals surface area contributed by atoms with Crippen molar-refractivity contribution in [2.45, 2.75) is 44.4 Å². The first-order valence-electron chi connectivity index (χ1n) is 4.36. The van der Waals surface area contributed by atoms with Gasteiger partial charge in [0.2, 0.25) is 0 Å². The van der Waals surface area contributed by atoms with Gasteiger partial charge in [-0.1, -0.05) is 36.2 Å². The summed E-state index contributed by atoms with van der Waals surface area (Å²) in [5, 5.41) is 0. The Hall–Kier alpha value is 0.480. The second-order valence-electron chi connectivity index (χ2n) is 3.68. The molecule has 1 heteroatoms. The Kier molecular flexibility index (Phi) is 3.22. The standard InChI is InChI=1S/C9H17Br/c1-3-8-4-7(2)5-9(10)6-8/h7-9H,3-6H2,1-2H3. The minimum absolute atomic E-state index is 0.807. The predicted octanol–water partition coefficient (Wildman–Crippen LogP) is 3.60. The quantitative estimate of drug-likeness (QED) is 0.574. The zero-order chi connectivity index (χ0) is 7.56. The van der Waals surface area contributed by atoms with Gasteiger partial charge in [0.05, 0.1) is 0 Å². The van der Waals surface area contributed by atoms with E-state index in [0.717, 1.165) is 16.7 Å². The molecule has 1 rings (SSSR count). The van der Waals surface area contributed by atoms with Crippen LogP contribution >= 0.6 is 15.9 Å². The molecule has 1 aliphatic carbocycles. The van der Waals surface area contributed by atoms with Gasteiger partial charge in [-0.05, 0) is 31.1 Å². The van der Waals surface area contributed by atoms with Crippen LogP contribution in [0, 0.1) is 11.8 Å².